The molecule has 3 N–H and O–H groups in total. The SMILES string of the molecule is CCCOCCOCC(N)=NO. The van der Waals surface area contributed by atoms with Gasteiger partial charge in [0.05, 0.1) is 13.2 Å². The number of oxime groups is 1. The molecular formula is C7H16N2O3. The lowest BCUT2D eigenvalue weighted by molar-refractivity contribution is 0.0613. The van der Waals surface area contributed by atoms with E-state index in [2.05, 4.69) is 5.16 Å². The third-order valence-electron chi connectivity index (χ3n) is 1.10. The lowest BCUT2D eigenvalue weighted by Crippen LogP contribution is -2.20. The fraction of sp³-hybridized carbons (Fsp3) is 0.857. The number of amidine groups is 1. The largest absolute Gasteiger partial charge is 0.409 e. The molecule has 0 atom stereocenters. The van der Waals surface area contributed by atoms with Crippen molar-refractivity contribution in [2.45, 2.75) is 13.3 Å². The Morgan fingerprint density at radius 3 is 2.58 bits per heavy atom. The third kappa shape index (κ3) is 7.30. The van der Waals surface area contributed by atoms with Gasteiger partial charge in [0.25, 0.3) is 0 Å². The number of nitrogens with zero attached hydrogens (tertiary/aromatic N) is 1. The highest BCUT2D eigenvalue weighted by Gasteiger charge is 1.92. The van der Waals surface area contributed by atoms with Crippen LogP contribution in [0.15, 0.2) is 5.16 Å². The van der Waals surface area contributed by atoms with Crippen LogP contribution in [0.3, 0.4) is 0 Å². The van der Waals surface area contributed by atoms with E-state index in [-0.39, 0.29) is 12.4 Å². The van der Waals surface area contributed by atoms with E-state index >= 15 is 0 Å². The Hall–Kier alpha value is -0.810. The first-order chi connectivity index (χ1) is 5.81. The number of nitrogens with two attached hydrogens (primary N) is 1. The minimum Gasteiger partial charge on any atom is -0.409 e. The predicted octanol–water partition coefficient (Wildman–Crippen LogP) is 0.176. The van der Waals surface area contributed by atoms with Crippen LogP contribution in [0.2, 0.25) is 0 Å². The number of ether oxygens (including phenoxy) is 2. The van der Waals surface area contributed by atoms with Crippen molar-refractivity contribution in [1.82, 2.24) is 0 Å². The van der Waals surface area contributed by atoms with Crippen molar-refractivity contribution in [1.29, 1.82) is 0 Å². The molecular weight excluding hydrogens is 160 g/mol. The van der Waals surface area contributed by atoms with E-state index in [0.717, 1.165) is 13.0 Å². The topological polar surface area (TPSA) is 77.1 Å². The van der Waals surface area contributed by atoms with E-state index in [1.54, 1.807) is 0 Å². The van der Waals surface area contributed by atoms with E-state index in [9.17, 15) is 0 Å². The summed E-state index contributed by atoms with van der Waals surface area (Å²) in [5.41, 5.74) is 5.15. The Kier molecular flexibility index (Phi) is 7.73. The van der Waals surface area contributed by atoms with Gasteiger partial charge in [-0.25, -0.2) is 0 Å². The van der Waals surface area contributed by atoms with Crippen molar-refractivity contribution >= 4 is 5.84 Å². The standard InChI is InChI=1S/C7H16N2O3/c1-2-3-11-4-5-12-6-7(8)9-10/h10H,2-6H2,1H3,(H2,8,9). The van der Waals surface area contributed by atoms with Gasteiger partial charge in [-0.05, 0) is 6.42 Å². The summed E-state index contributed by atoms with van der Waals surface area (Å²) < 4.78 is 10.1. The zero-order valence-electron chi connectivity index (χ0n) is 7.32. The minimum atomic E-state index is 0.0745. The average Bonchev–Trinajstić information content (AvgIpc) is 2.10. The van der Waals surface area contributed by atoms with Gasteiger partial charge in [-0.1, -0.05) is 12.1 Å². The minimum absolute atomic E-state index is 0.0745. The van der Waals surface area contributed by atoms with Gasteiger partial charge in [0.15, 0.2) is 5.84 Å². The van der Waals surface area contributed by atoms with E-state index in [0.29, 0.717) is 13.2 Å². The monoisotopic (exact) mass is 176 g/mol. The quantitative estimate of drug-likeness (QED) is 0.191. The summed E-state index contributed by atoms with van der Waals surface area (Å²) in [6.07, 6.45) is 1.00. The highest BCUT2D eigenvalue weighted by atomic mass is 16.5. The maximum atomic E-state index is 8.13. The fourth-order valence-corrected chi connectivity index (χ4v) is 0.570. The zero-order chi connectivity index (χ0) is 9.23. The van der Waals surface area contributed by atoms with Gasteiger partial charge in [0, 0.05) is 6.61 Å². The molecule has 0 aliphatic carbocycles. The van der Waals surface area contributed by atoms with Gasteiger partial charge < -0.3 is 20.4 Å². The number of hydrogen-bond donors (Lipinski definition) is 2. The molecule has 0 radical (unpaired) electrons. The summed E-state index contributed by atoms with van der Waals surface area (Å²) in [6.45, 7) is 3.94. The van der Waals surface area contributed by atoms with Crippen LogP contribution < -0.4 is 5.73 Å². The average molecular weight is 176 g/mol. The summed E-state index contributed by atoms with van der Waals surface area (Å²) in [5, 5.41) is 10.9. The number of rotatable bonds is 7. The van der Waals surface area contributed by atoms with Crippen molar-refractivity contribution < 1.29 is 14.7 Å². The van der Waals surface area contributed by atoms with Gasteiger partial charge in [0.2, 0.25) is 0 Å². The van der Waals surface area contributed by atoms with Crippen LogP contribution >= 0.6 is 0 Å². The Morgan fingerprint density at radius 2 is 2.00 bits per heavy atom. The van der Waals surface area contributed by atoms with Crippen LogP contribution in [0, 0.1) is 0 Å². The fourth-order valence-electron chi connectivity index (χ4n) is 0.570. The molecule has 0 bridgehead atoms. The van der Waals surface area contributed by atoms with Gasteiger partial charge in [-0.15, -0.1) is 0 Å². The van der Waals surface area contributed by atoms with Gasteiger partial charge >= 0.3 is 0 Å². The third-order valence-corrected chi connectivity index (χ3v) is 1.10. The highest BCUT2D eigenvalue weighted by molar-refractivity contribution is 5.80. The summed E-state index contributed by atoms with van der Waals surface area (Å²) in [6, 6.07) is 0. The molecule has 0 aromatic carbocycles. The maximum Gasteiger partial charge on any atom is 0.165 e. The summed E-state index contributed by atoms with van der Waals surface area (Å²) in [7, 11) is 0. The molecule has 0 spiro atoms. The zero-order valence-corrected chi connectivity index (χ0v) is 7.32. The van der Waals surface area contributed by atoms with Crippen LogP contribution in [0.5, 0.6) is 0 Å². The normalized spacial score (nSPS) is 11.9. The summed E-state index contributed by atoms with van der Waals surface area (Å²) >= 11 is 0. The first-order valence-electron chi connectivity index (χ1n) is 3.93. The van der Waals surface area contributed by atoms with E-state index < -0.39 is 0 Å². The van der Waals surface area contributed by atoms with E-state index in [1.165, 1.54) is 0 Å². The van der Waals surface area contributed by atoms with Crippen molar-refractivity contribution in [3.05, 3.63) is 0 Å². The van der Waals surface area contributed by atoms with Crippen LogP contribution in [0.4, 0.5) is 0 Å². The molecule has 0 heterocycles. The van der Waals surface area contributed by atoms with Crippen molar-refractivity contribution in [3.63, 3.8) is 0 Å². The predicted molar refractivity (Wildman–Crippen MR) is 45.3 cm³/mol. The molecule has 0 saturated heterocycles. The van der Waals surface area contributed by atoms with E-state index in [4.69, 9.17) is 20.4 Å². The molecule has 0 saturated carbocycles. The van der Waals surface area contributed by atoms with Crippen molar-refractivity contribution in [3.8, 4) is 0 Å². The van der Waals surface area contributed by atoms with E-state index in [1.807, 2.05) is 6.92 Å². The summed E-state index contributed by atoms with van der Waals surface area (Å²) in [5.74, 6) is 0.0745. The molecule has 0 amide bonds. The molecule has 12 heavy (non-hydrogen) atoms. The van der Waals surface area contributed by atoms with Crippen molar-refractivity contribution in [2.24, 2.45) is 10.9 Å². The smallest absolute Gasteiger partial charge is 0.165 e. The van der Waals surface area contributed by atoms with Crippen LogP contribution in [-0.4, -0.2) is 37.5 Å². The molecule has 5 nitrogen and oxygen atoms in total. The van der Waals surface area contributed by atoms with Gasteiger partial charge in [0.1, 0.15) is 6.61 Å². The van der Waals surface area contributed by atoms with Crippen LogP contribution in [0.1, 0.15) is 13.3 Å². The molecule has 0 unspecified atom stereocenters. The van der Waals surface area contributed by atoms with Gasteiger partial charge in [-0.3, -0.25) is 0 Å². The Morgan fingerprint density at radius 1 is 1.33 bits per heavy atom. The Labute approximate surface area is 72.1 Å². The first kappa shape index (κ1) is 11.2. The first-order valence-corrected chi connectivity index (χ1v) is 3.93. The lowest BCUT2D eigenvalue weighted by atomic mass is 10.5. The molecule has 0 aromatic heterocycles. The second kappa shape index (κ2) is 8.29. The number of hydrogen-bond acceptors (Lipinski definition) is 4. The second-order valence-electron chi connectivity index (χ2n) is 2.26. The molecule has 0 aliphatic rings. The molecule has 0 rings (SSSR count). The van der Waals surface area contributed by atoms with Gasteiger partial charge in [-0.2, -0.15) is 0 Å². The molecule has 5 heteroatoms. The lowest BCUT2D eigenvalue weighted by Gasteiger charge is -2.03. The molecule has 0 fully saturated rings. The summed E-state index contributed by atoms with van der Waals surface area (Å²) in [4.78, 5) is 0. The Bertz CT molecular complexity index is 128. The van der Waals surface area contributed by atoms with Crippen LogP contribution in [-0.2, 0) is 9.47 Å². The highest BCUT2D eigenvalue weighted by Crippen LogP contribution is 1.81. The molecule has 0 aromatic rings. The van der Waals surface area contributed by atoms with Crippen molar-refractivity contribution in [2.75, 3.05) is 26.4 Å². The second-order valence-corrected chi connectivity index (χ2v) is 2.26. The maximum absolute atomic E-state index is 8.13. The molecule has 0 aliphatic heterocycles. The Balaban J connectivity index is 3.00. The van der Waals surface area contributed by atoms with Crippen LogP contribution in [0.25, 0.3) is 0 Å². The molecule has 72 valence electrons.